The van der Waals surface area contributed by atoms with Crippen LogP contribution in [0.3, 0.4) is 0 Å². The summed E-state index contributed by atoms with van der Waals surface area (Å²) >= 11 is 1.46. The summed E-state index contributed by atoms with van der Waals surface area (Å²) < 4.78 is 0. The van der Waals surface area contributed by atoms with Crippen molar-refractivity contribution in [3.05, 3.63) is 21.4 Å². The van der Waals surface area contributed by atoms with Crippen molar-refractivity contribution in [1.29, 1.82) is 0 Å². The van der Waals surface area contributed by atoms with Gasteiger partial charge in [0.1, 0.15) is 6.61 Å². The van der Waals surface area contributed by atoms with Crippen LogP contribution < -0.4 is 0 Å². The minimum absolute atomic E-state index is 0.142. The van der Waals surface area contributed by atoms with Crippen LogP contribution in [0.2, 0.25) is 0 Å². The van der Waals surface area contributed by atoms with Gasteiger partial charge in [-0.2, -0.15) is 0 Å². The molecule has 3 rings (SSSR count). The maximum atomic E-state index is 12.8. The van der Waals surface area contributed by atoms with E-state index in [1.54, 1.807) is 0 Å². The molecule has 21 heavy (non-hydrogen) atoms. The topological polar surface area (TPSA) is 40.5 Å². The molecule has 2 atom stereocenters. The van der Waals surface area contributed by atoms with Crippen LogP contribution in [-0.4, -0.2) is 35.1 Å². The summed E-state index contributed by atoms with van der Waals surface area (Å²) in [6, 6.07) is 2.41. The Morgan fingerprint density at radius 1 is 1.43 bits per heavy atom. The Balaban J connectivity index is 1.81. The first-order valence-corrected chi connectivity index (χ1v) is 8.53. The zero-order chi connectivity index (χ0) is 14.8. The third kappa shape index (κ3) is 2.86. The van der Waals surface area contributed by atoms with Crippen molar-refractivity contribution < 1.29 is 9.90 Å². The van der Waals surface area contributed by atoms with E-state index < -0.39 is 0 Å². The standard InChI is InChI=1S/C17H21NO2S/c1-12-11-16(21-15(12)8-4-10-19)17(20)18-9-3-6-13-5-2-7-14(13)18/h11,13-14,19H,2-3,5-7,9-10H2,1H3. The number of likely N-dealkylation sites (tertiary alicyclic amines) is 1. The SMILES string of the molecule is Cc1cc(C(=O)N2CCCC3CCCC32)sc1C#CCO. The number of aliphatic hydroxyl groups is 1. The molecule has 2 heterocycles. The number of hydrogen-bond acceptors (Lipinski definition) is 3. The second-order valence-electron chi connectivity index (χ2n) is 5.98. The number of thiophene rings is 1. The normalized spacial score (nSPS) is 24.4. The van der Waals surface area contributed by atoms with Crippen molar-refractivity contribution in [2.24, 2.45) is 5.92 Å². The third-order valence-electron chi connectivity index (χ3n) is 4.66. The van der Waals surface area contributed by atoms with Crippen molar-refractivity contribution in [2.75, 3.05) is 13.2 Å². The number of hydrogen-bond donors (Lipinski definition) is 1. The molecule has 1 saturated heterocycles. The molecular weight excluding hydrogens is 282 g/mol. The summed E-state index contributed by atoms with van der Waals surface area (Å²) in [5, 5.41) is 8.80. The first-order chi connectivity index (χ1) is 10.2. The van der Waals surface area contributed by atoms with Crippen LogP contribution in [0.5, 0.6) is 0 Å². The molecule has 0 aromatic carbocycles. The number of fused-ring (bicyclic) bond motifs is 1. The van der Waals surface area contributed by atoms with Crippen LogP contribution in [0.15, 0.2) is 6.07 Å². The van der Waals surface area contributed by atoms with Gasteiger partial charge in [0.15, 0.2) is 0 Å². The van der Waals surface area contributed by atoms with E-state index in [-0.39, 0.29) is 12.5 Å². The van der Waals surface area contributed by atoms with E-state index in [1.807, 2.05) is 13.0 Å². The summed E-state index contributed by atoms with van der Waals surface area (Å²) in [7, 11) is 0. The number of carbonyl (C=O) groups excluding carboxylic acids is 1. The van der Waals surface area contributed by atoms with Crippen molar-refractivity contribution in [2.45, 2.75) is 45.1 Å². The van der Waals surface area contributed by atoms with E-state index in [1.165, 1.54) is 30.6 Å². The maximum absolute atomic E-state index is 12.8. The Hall–Kier alpha value is -1.31. The van der Waals surface area contributed by atoms with Crippen LogP contribution in [0, 0.1) is 24.7 Å². The zero-order valence-electron chi connectivity index (χ0n) is 12.4. The van der Waals surface area contributed by atoms with E-state index in [2.05, 4.69) is 16.7 Å². The maximum Gasteiger partial charge on any atom is 0.264 e. The summed E-state index contributed by atoms with van der Waals surface area (Å²) in [4.78, 5) is 16.6. The van der Waals surface area contributed by atoms with Gasteiger partial charge < -0.3 is 10.0 Å². The second kappa shape index (κ2) is 6.21. The number of amides is 1. The molecule has 1 amide bonds. The van der Waals surface area contributed by atoms with Crippen LogP contribution >= 0.6 is 11.3 Å². The first-order valence-electron chi connectivity index (χ1n) is 7.72. The molecule has 1 N–H and O–H groups in total. The van der Waals surface area contributed by atoms with Crippen LogP contribution in [0.1, 0.15) is 52.2 Å². The highest BCUT2D eigenvalue weighted by Crippen LogP contribution is 2.38. The number of carbonyl (C=O) groups is 1. The van der Waals surface area contributed by atoms with Gasteiger partial charge in [0, 0.05) is 12.6 Å². The van der Waals surface area contributed by atoms with Gasteiger partial charge in [-0.1, -0.05) is 18.3 Å². The molecule has 1 aromatic heterocycles. The number of piperidine rings is 1. The molecule has 1 aromatic rings. The first kappa shape index (κ1) is 14.6. The van der Waals surface area contributed by atoms with Gasteiger partial charge in [-0.3, -0.25) is 4.79 Å². The Labute approximate surface area is 130 Å². The van der Waals surface area contributed by atoms with Gasteiger partial charge in [-0.25, -0.2) is 0 Å². The van der Waals surface area contributed by atoms with E-state index in [0.717, 1.165) is 40.6 Å². The lowest BCUT2D eigenvalue weighted by molar-refractivity contribution is 0.0553. The number of aryl methyl sites for hydroxylation is 1. The average molecular weight is 303 g/mol. The number of nitrogens with zero attached hydrogens (tertiary/aromatic N) is 1. The van der Waals surface area contributed by atoms with E-state index >= 15 is 0 Å². The summed E-state index contributed by atoms with van der Waals surface area (Å²) in [5.74, 6) is 6.50. The molecule has 112 valence electrons. The lowest BCUT2D eigenvalue weighted by atomic mass is 9.92. The minimum Gasteiger partial charge on any atom is -0.384 e. The second-order valence-corrected chi connectivity index (χ2v) is 7.03. The van der Waals surface area contributed by atoms with Gasteiger partial charge in [0.2, 0.25) is 0 Å². The van der Waals surface area contributed by atoms with Crippen LogP contribution in [0.4, 0.5) is 0 Å². The monoisotopic (exact) mass is 303 g/mol. The van der Waals surface area contributed by atoms with Crippen molar-refractivity contribution in [3.8, 4) is 11.8 Å². The highest BCUT2D eigenvalue weighted by molar-refractivity contribution is 7.14. The quantitative estimate of drug-likeness (QED) is 0.811. The van der Waals surface area contributed by atoms with Gasteiger partial charge >= 0.3 is 0 Å². The Kier molecular flexibility index (Phi) is 4.32. The fourth-order valence-corrected chi connectivity index (χ4v) is 4.68. The van der Waals surface area contributed by atoms with Gasteiger partial charge in [-0.05, 0) is 50.2 Å². The number of aliphatic hydroxyl groups excluding tert-OH is 1. The van der Waals surface area contributed by atoms with Crippen molar-refractivity contribution in [3.63, 3.8) is 0 Å². The van der Waals surface area contributed by atoms with Crippen LogP contribution in [-0.2, 0) is 0 Å². The van der Waals surface area contributed by atoms with Gasteiger partial charge in [-0.15, -0.1) is 11.3 Å². The van der Waals surface area contributed by atoms with Gasteiger partial charge in [0.25, 0.3) is 5.91 Å². The highest BCUT2D eigenvalue weighted by atomic mass is 32.1. The number of rotatable bonds is 1. The van der Waals surface area contributed by atoms with Crippen molar-refractivity contribution in [1.82, 2.24) is 4.90 Å². The van der Waals surface area contributed by atoms with E-state index in [4.69, 9.17) is 5.11 Å². The lowest BCUT2D eigenvalue weighted by Crippen LogP contribution is -2.45. The van der Waals surface area contributed by atoms with Gasteiger partial charge in [0.05, 0.1) is 9.75 Å². The summed E-state index contributed by atoms with van der Waals surface area (Å²) in [5.41, 5.74) is 1.03. The fourth-order valence-electron chi connectivity index (χ4n) is 3.68. The molecule has 2 aliphatic rings. The zero-order valence-corrected chi connectivity index (χ0v) is 13.2. The Morgan fingerprint density at radius 3 is 3.05 bits per heavy atom. The molecule has 0 spiro atoms. The van der Waals surface area contributed by atoms with Crippen LogP contribution in [0.25, 0.3) is 0 Å². The molecular formula is C17H21NO2S. The van der Waals surface area contributed by atoms with E-state index in [0.29, 0.717) is 6.04 Å². The van der Waals surface area contributed by atoms with Crippen molar-refractivity contribution >= 4 is 17.2 Å². The fraction of sp³-hybridized carbons (Fsp3) is 0.588. The molecule has 1 saturated carbocycles. The predicted molar refractivity (Wildman–Crippen MR) is 84.4 cm³/mol. The predicted octanol–water partition coefficient (Wildman–Crippen LogP) is 2.81. The van der Waals surface area contributed by atoms with E-state index in [9.17, 15) is 4.79 Å². The molecule has 1 aliphatic heterocycles. The Morgan fingerprint density at radius 2 is 2.24 bits per heavy atom. The Bertz CT molecular complexity index is 596. The smallest absolute Gasteiger partial charge is 0.264 e. The summed E-state index contributed by atoms with van der Waals surface area (Å²) in [6.45, 7) is 2.73. The minimum atomic E-state index is -0.142. The molecule has 1 aliphatic carbocycles. The third-order valence-corrected chi connectivity index (χ3v) is 5.80. The molecule has 2 fully saturated rings. The highest BCUT2D eigenvalue weighted by Gasteiger charge is 2.37. The molecule has 0 bridgehead atoms. The lowest BCUT2D eigenvalue weighted by Gasteiger charge is -2.37. The summed E-state index contributed by atoms with van der Waals surface area (Å²) in [6.07, 6.45) is 6.12. The molecule has 0 radical (unpaired) electrons. The average Bonchev–Trinajstić information content (AvgIpc) is 3.10. The molecule has 4 heteroatoms. The largest absolute Gasteiger partial charge is 0.384 e. The molecule has 2 unspecified atom stereocenters. The molecule has 3 nitrogen and oxygen atoms in total.